The molecule has 0 spiro atoms. The van der Waals surface area contributed by atoms with Crippen molar-refractivity contribution in [2.75, 3.05) is 9.80 Å². The van der Waals surface area contributed by atoms with Gasteiger partial charge in [-0.25, -0.2) is 0 Å². The second-order valence-corrected chi connectivity index (χ2v) is 29.9. The highest BCUT2D eigenvalue weighted by Gasteiger charge is 2.49. The zero-order valence-corrected chi connectivity index (χ0v) is 47.5. The third-order valence-corrected chi connectivity index (χ3v) is 21.3. The molecule has 1 saturated carbocycles. The van der Waals surface area contributed by atoms with E-state index < -0.39 is 0 Å². The van der Waals surface area contributed by atoms with Crippen LogP contribution in [0, 0.1) is 6.92 Å². The topological polar surface area (TPSA) is 6.48 Å². The Hall–Kier alpha value is -4.28. The molecule has 6 aromatic rings. The van der Waals surface area contributed by atoms with Crippen LogP contribution >= 0.6 is 11.3 Å². The van der Waals surface area contributed by atoms with Gasteiger partial charge in [0.15, 0.2) is 0 Å². The predicted molar refractivity (Wildman–Crippen MR) is 311 cm³/mol. The van der Waals surface area contributed by atoms with Crippen molar-refractivity contribution >= 4 is 78.0 Å². The van der Waals surface area contributed by atoms with Crippen LogP contribution in [0.4, 0.5) is 34.1 Å². The Morgan fingerprint density at radius 2 is 1.03 bits per heavy atom. The molecule has 0 saturated heterocycles. The third kappa shape index (κ3) is 7.19. The van der Waals surface area contributed by atoms with Gasteiger partial charge in [-0.1, -0.05) is 147 Å². The summed E-state index contributed by atoms with van der Waals surface area (Å²) in [5.74, 6) is 0.542. The summed E-state index contributed by atoms with van der Waals surface area (Å²) in [6, 6.07) is 31.5. The summed E-state index contributed by atoms with van der Waals surface area (Å²) in [4.78, 5) is 5.62. The average Bonchev–Trinajstić information content (AvgIpc) is 3.68. The Morgan fingerprint density at radius 3 is 1.62 bits per heavy atom. The van der Waals surface area contributed by atoms with E-state index in [0.717, 1.165) is 0 Å². The van der Waals surface area contributed by atoms with E-state index in [1.165, 1.54) is 164 Å². The molecule has 2 aliphatic heterocycles. The molecule has 370 valence electrons. The zero-order valence-electron chi connectivity index (χ0n) is 46.7. The lowest BCUT2D eigenvalue weighted by atomic mass is 9.36. The molecule has 4 aliphatic carbocycles. The van der Waals surface area contributed by atoms with Gasteiger partial charge in [-0.15, -0.1) is 11.3 Å². The number of hydrogen-bond donors (Lipinski definition) is 0. The fraction of sp³-hybridized carbons (Fsp3) is 0.522. The largest absolute Gasteiger partial charge is 0.311 e. The van der Waals surface area contributed by atoms with Crippen LogP contribution in [0.5, 0.6) is 0 Å². The molecule has 2 nitrogen and oxygen atoms in total. The lowest BCUT2D eigenvalue weighted by Gasteiger charge is -2.46. The van der Waals surface area contributed by atoms with Crippen LogP contribution in [0.25, 0.3) is 10.1 Å². The predicted octanol–water partition coefficient (Wildman–Crippen LogP) is 17.7. The lowest BCUT2D eigenvalue weighted by Crippen LogP contribution is -2.60. The van der Waals surface area contributed by atoms with Crippen LogP contribution in [0.1, 0.15) is 230 Å². The molecule has 3 heterocycles. The number of fused-ring (bicyclic) bond motifs is 9. The molecular weight excluding hydrogens is 876 g/mol. The smallest absolute Gasteiger partial charge is 0.264 e. The van der Waals surface area contributed by atoms with E-state index in [9.17, 15) is 0 Å². The summed E-state index contributed by atoms with van der Waals surface area (Å²) in [5.41, 5.74) is 25.4. The van der Waals surface area contributed by atoms with E-state index in [2.05, 4.69) is 205 Å². The van der Waals surface area contributed by atoms with Crippen molar-refractivity contribution in [3.05, 3.63) is 123 Å². The van der Waals surface area contributed by atoms with E-state index in [-0.39, 0.29) is 44.6 Å². The zero-order chi connectivity index (χ0) is 50.3. The number of rotatable bonds is 3. The minimum absolute atomic E-state index is 0.00518. The maximum atomic E-state index is 2.84. The summed E-state index contributed by atoms with van der Waals surface area (Å²) in [7, 11) is 0. The van der Waals surface area contributed by atoms with Gasteiger partial charge in [0.2, 0.25) is 0 Å². The summed E-state index contributed by atoms with van der Waals surface area (Å²) in [6.07, 6.45) is 13.8. The number of aryl methyl sites for hydroxylation is 1. The number of benzene rings is 5. The summed E-state index contributed by atoms with van der Waals surface area (Å²) in [6.45, 7) is 39.7. The molecule has 0 unspecified atom stereocenters. The van der Waals surface area contributed by atoms with Crippen molar-refractivity contribution in [2.24, 2.45) is 0 Å². The molecule has 71 heavy (non-hydrogen) atoms. The van der Waals surface area contributed by atoms with Gasteiger partial charge in [0.05, 0.1) is 5.69 Å². The Kier molecular flexibility index (Phi) is 10.3. The monoisotopic (exact) mass is 959 g/mol. The van der Waals surface area contributed by atoms with Crippen LogP contribution < -0.4 is 25.5 Å². The molecule has 6 aliphatic rings. The number of thiophene rings is 1. The van der Waals surface area contributed by atoms with E-state index >= 15 is 0 Å². The molecule has 0 atom stereocenters. The van der Waals surface area contributed by atoms with Gasteiger partial charge in [0.25, 0.3) is 6.71 Å². The molecule has 0 bridgehead atoms. The highest BCUT2D eigenvalue weighted by Crippen LogP contribution is 2.56. The van der Waals surface area contributed by atoms with Crippen LogP contribution in [0.15, 0.2) is 72.8 Å². The molecule has 0 amide bonds. The number of anilines is 6. The van der Waals surface area contributed by atoms with Gasteiger partial charge in [-0.05, 0) is 212 Å². The maximum Gasteiger partial charge on any atom is 0.264 e. The SMILES string of the molecule is Cc1cc2c(cc1N1c3ccc(C(C)(C)C)cc3B3c4sc5cc6c(cc5c4N(c4ccc5c(c4)C(C)(C)CCC5(C)C)c4cc(C5CCCCC5)cc1c43)C(C)(C)CCC6(C)C)C(C)(C)CCC2(C)C. The van der Waals surface area contributed by atoms with Crippen molar-refractivity contribution in [1.82, 2.24) is 0 Å². The van der Waals surface area contributed by atoms with E-state index in [1.54, 1.807) is 16.7 Å². The number of hydrogen-bond acceptors (Lipinski definition) is 3. The van der Waals surface area contributed by atoms with E-state index in [0.29, 0.717) is 5.92 Å². The number of nitrogens with zero attached hydrogens (tertiary/aromatic N) is 2. The normalized spacial score (nSPS) is 22.0. The van der Waals surface area contributed by atoms with Crippen LogP contribution in [-0.4, -0.2) is 6.71 Å². The second-order valence-electron chi connectivity index (χ2n) is 28.9. The molecular formula is C67H83BN2S. The summed E-state index contributed by atoms with van der Waals surface area (Å²) >= 11 is 2.11. The van der Waals surface area contributed by atoms with Gasteiger partial charge in [-0.2, -0.15) is 0 Å². The van der Waals surface area contributed by atoms with E-state index in [4.69, 9.17) is 0 Å². The highest BCUT2D eigenvalue weighted by molar-refractivity contribution is 7.33. The van der Waals surface area contributed by atoms with Crippen molar-refractivity contribution in [3.63, 3.8) is 0 Å². The minimum Gasteiger partial charge on any atom is -0.311 e. The molecule has 1 aromatic heterocycles. The second kappa shape index (κ2) is 15.4. The molecule has 12 rings (SSSR count). The van der Waals surface area contributed by atoms with Crippen molar-refractivity contribution in [2.45, 2.75) is 225 Å². The first-order valence-electron chi connectivity index (χ1n) is 28.0. The fourth-order valence-electron chi connectivity index (χ4n) is 14.9. The third-order valence-electron chi connectivity index (χ3n) is 20.1. The maximum absolute atomic E-state index is 2.84. The Balaban J connectivity index is 1.23. The first kappa shape index (κ1) is 47.7. The fourth-order valence-corrected chi connectivity index (χ4v) is 16.2. The molecule has 4 heteroatoms. The van der Waals surface area contributed by atoms with Crippen LogP contribution in [-0.2, 0) is 37.9 Å². The molecule has 0 N–H and O–H groups in total. The van der Waals surface area contributed by atoms with Gasteiger partial charge in [0.1, 0.15) is 0 Å². The Bertz CT molecular complexity index is 3210. The van der Waals surface area contributed by atoms with Gasteiger partial charge in [0, 0.05) is 43.3 Å². The molecule has 0 radical (unpaired) electrons. The highest BCUT2D eigenvalue weighted by atomic mass is 32.1. The van der Waals surface area contributed by atoms with Crippen LogP contribution in [0.2, 0.25) is 0 Å². The van der Waals surface area contributed by atoms with Gasteiger partial charge >= 0.3 is 0 Å². The average molecular weight is 959 g/mol. The standard InChI is InChI=1S/C67H83BN2S/c1-40-32-47-50(66(13,14)30-28-63(47,7)8)38-54(40)70-53-25-22-43(61(2,3)4)35-52(53)68-58-55(33-42(34-56(58)70)41-20-18-17-19-21-41)69(44-23-24-46-48(36-44)64(9,10)27-26-62(46,5)6)59-45-37-49-51(39-57(45)71-60(59)68)67(15,16)31-29-65(49,11)12/h22-25,32-39,41H,17-21,26-31H2,1-16H3. The molecule has 1 fully saturated rings. The van der Waals surface area contributed by atoms with E-state index in [1.807, 2.05) is 0 Å². The first-order chi connectivity index (χ1) is 33.2. The van der Waals surface area contributed by atoms with Crippen molar-refractivity contribution in [1.29, 1.82) is 0 Å². The minimum atomic E-state index is -0.00518. The Labute approximate surface area is 433 Å². The van der Waals surface area contributed by atoms with Crippen LogP contribution in [0.3, 0.4) is 0 Å². The van der Waals surface area contributed by atoms with Gasteiger partial charge in [-0.3, -0.25) is 0 Å². The Morgan fingerprint density at radius 1 is 0.507 bits per heavy atom. The first-order valence-corrected chi connectivity index (χ1v) is 28.8. The summed E-state index contributed by atoms with van der Waals surface area (Å²) < 4.78 is 2.95. The van der Waals surface area contributed by atoms with Crippen molar-refractivity contribution < 1.29 is 0 Å². The lowest BCUT2D eigenvalue weighted by molar-refractivity contribution is 0.332. The molecule has 5 aromatic carbocycles. The summed E-state index contributed by atoms with van der Waals surface area (Å²) in [5, 5.41) is 1.44. The van der Waals surface area contributed by atoms with Gasteiger partial charge < -0.3 is 9.80 Å². The van der Waals surface area contributed by atoms with Crippen molar-refractivity contribution in [3.8, 4) is 0 Å². The quantitative estimate of drug-likeness (QED) is 0.163.